The number of benzene rings is 2. The standard InChI is InChI=1S/C21H24N4O/c1-16-8-5-11-19(17(16)2)24-20-10-4-3-9-18(20)21(26)22-12-6-14-25-15-7-13-23-25/h3-5,7-11,13,15,24H,6,12,14H2,1-2H3,(H,22,26). The molecule has 0 aliphatic heterocycles. The highest BCUT2D eigenvalue weighted by Crippen LogP contribution is 2.25. The molecule has 0 unspecified atom stereocenters. The van der Waals surface area contributed by atoms with E-state index in [0.29, 0.717) is 12.1 Å². The molecule has 5 heteroatoms. The molecule has 0 saturated heterocycles. The van der Waals surface area contributed by atoms with Crippen molar-refractivity contribution in [2.45, 2.75) is 26.8 Å². The molecule has 0 spiro atoms. The first-order valence-corrected chi connectivity index (χ1v) is 8.83. The molecule has 1 amide bonds. The van der Waals surface area contributed by atoms with Crippen molar-refractivity contribution >= 4 is 17.3 Å². The van der Waals surface area contributed by atoms with Gasteiger partial charge in [-0.15, -0.1) is 0 Å². The van der Waals surface area contributed by atoms with E-state index in [4.69, 9.17) is 0 Å². The molecule has 134 valence electrons. The van der Waals surface area contributed by atoms with Crippen molar-refractivity contribution < 1.29 is 4.79 Å². The van der Waals surface area contributed by atoms with E-state index in [1.54, 1.807) is 6.20 Å². The second-order valence-electron chi connectivity index (χ2n) is 6.30. The molecule has 0 aliphatic carbocycles. The molecular weight excluding hydrogens is 324 g/mol. The zero-order valence-corrected chi connectivity index (χ0v) is 15.2. The topological polar surface area (TPSA) is 59.0 Å². The molecule has 0 bridgehead atoms. The van der Waals surface area contributed by atoms with Crippen molar-refractivity contribution in [2.24, 2.45) is 0 Å². The van der Waals surface area contributed by atoms with Crippen LogP contribution in [0.25, 0.3) is 0 Å². The minimum atomic E-state index is -0.0705. The van der Waals surface area contributed by atoms with Crippen molar-refractivity contribution in [3.8, 4) is 0 Å². The number of hydrogen-bond acceptors (Lipinski definition) is 3. The van der Waals surface area contributed by atoms with E-state index in [2.05, 4.69) is 35.6 Å². The summed E-state index contributed by atoms with van der Waals surface area (Å²) in [4.78, 5) is 12.6. The molecule has 0 aliphatic rings. The first kappa shape index (κ1) is 17.7. The SMILES string of the molecule is Cc1cccc(Nc2ccccc2C(=O)NCCCn2cccn2)c1C. The highest BCUT2D eigenvalue weighted by Gasteiger charge is 2.11. The predicted molar refractivity (Wildman–Crippen MR) is 105 cm³/mol. The van der Waals surface area contributed by atoms with Crippen molar-refractivity contribution in [1.82, 2.24) is 15.1 Å². The van der Waals surface area contributed by atoms with Gasteiger partial charge < -0.3 is 10.6 Å². The molecule has 0 atom stereocenters. The molecule has 0 fully saturated rings. The van der Waals surface area contributed by atoms with Crippen LogP contribution in [0.3, 0.4) is 0 Å². The maximum Gasteiger partial charge on any atom is 0.253 e. The minimum Gasteiger partial charge on any atom is -0.355 e. The number of hydrogen-bond donors (Lipinski definition) is 2. The van der Waals surface area contributed by atoms with Crippen LogP contribution in [0.15, 0.2) is 60.9 Å². The Morgan fingerprint density at radius 1 is 1.04 bits per heavy atom. The second kappa shape index (κ2) is 8.34. The fourth-order valence-electron chi connectivity index (χ4n) is 2.79. The van der Waals surface area contributed by atoms with E-state index in [0.717, 1.165) is 24.3 Å². The van der Waals surface area contributed by atoms with Gasteiger partial charge in [-0.05, 0) is 55.7 Å². The average molecular weight is 348 g/mol. The summed E-state index contributed by atoms with van der Waals surface area (Å²) in [6.45, 7) is 5.56. The van der Waals surface area contributed by atoms with E-state index in [1.807, 2.05) is 53.3 Å². The third-order valence-corrected chi connectivity index (χ3v) is 4.45. The van der Waals surface area contributed by atoms with E-state index in [9.17, 15) is 4.79 Å². The van der Waals surface area contributed by atoms with E-state index >= 15 is 0 Å². The number of anilines is 2. The van der Waals surface area contributed by atoms with Crippen LogP contribution in [0.4, 0.5) is 11.4 Å². The fraction of sp³-hybridized carbons (Fsp3) is 0.238. The van der Waals surface area contributed by atoms with E-state index in [-0.39, 0.29) is 5.91 Å². The molecule has 1 heterocycles. The Morgan fingerprint density at radius 3 is 2.65 bits per heavy atom. The molecule has 3 aromatic rings. The zero-order valence-electron chi connectivity index (χ0n) is 15.2. The predicted octanol–water partition coefficient (Wildman–Crippen LogP) is 4.06. The van der Waals surface area contributed by atoms with Gasteiger partial charge in [-0.25, -0.2) is 0 Å². The minimum absolute atomic E-state index is 0.0705. The van der Waals surface area contributed by atoms with Crippen LogP contribution in [0.5, 0.6) is 0 Å². The molecule has 2 N–H and O–H groups in total. The lowest BCUT2D eigenvalue weighted by atomic mass is 10.1. The van der Waals surface area contributed by atoms with Gasteiger partial charge in [0, 0.05) is 31.2 Å². The van der Waals surface area contributed by atoms with Gasteiger partial charge in [0.05, 0.1) is 11.3 Å². The number of amides is 1. The van der Waals surface area contributed by atoms with E-state index < -0.39 is 0 Å². The van der Waals surface area contributed by atoms with Crippen LogP contribution in [0.1, 0.15) is 27.9 Å². The lowest BCUT2D eigenvalue weighted by Crippen LogP contribution is -2.26. The molecule has 26 heavy (non-hydrogen) atoms. The molecular formula is C21H24N4O. The van der Waals surface area contributed by atoms with Crippen LogP contribution in [0.2, 0.25) is 0 Å². The maximum absolute atomic E-state index is 12.6. The Balaban J connectivity index is 1.64. The summed E-state index contributed by atoms with van der Waals surface area (Å²) in [6, 6.07) is 15.6. The number of aromatic nitrogens is 2. The number of nitrogens with zero attached hydrogens (tertiary/aromatic N) is 2. The van der Waals surface area contributed by atoms with Gasteiger partial charge in [0.2, 0.25) is 0 Å². The zero-order chi connectivity index (χ0) is 18.4. The van der Waals surface area contributed by atoms with Crippen molar-refractivity contribution in [1.29, 1.82) is 0 Å². The number of nitrogens with one attached hydrogen (secondary N) is 2. The van der Waals surface area contributed by atoms with Gasteiger partial charge >= 0.3 is 0 Å². The van der Waals surface area contributed by atoms with Gasteiger partial charge in [-0.3, -0.25) is 9.48 Å². The molecule has 5 nitrogen and oxygen atoms in total. The summed E-state index contributed by atoms with van der Waals surface area (Å²) >= 11 is 0. The highest BCUT2D eigenvalue weighted by molar-refractivity contribution is 6.00. The summed E-state index contributed by atoms with van der Waals surface area (Å²) in [6.07, 6.45) is 4.51. The summed E-state index contributed by atoms with van der Waals surface area (Å²) in [5, 5.41) is 10.6. The average Bonchev–Trinajstić information content (AvgIpc) is 3.16. The third kappa shape index (κ3) is 4.30. The number of para-hydroxylation sites is 1. The summed E-state index contributed by atoms with van der Waals surface area (Å²) in [5.74, 6) is -0.0705. The maximum atomic E-state index is 12.6. The van der Waals surface area contributed by atoms with Crippen LogP contribution < -0.4 is 10.6 Å². The quantitative estimate of drug-likeness (QED) is 0.633. The molecule has 1 aromatic heterocycles. The molecule has 2 aromatic carbocycles. The largest absolute Gasteiger partial charge is 0.355 e. The Kier molecular flexibility index (Phi) is 5.69. The lowest BCUT2D eigenvalue weighted by Gasteiger charge is -2.15. The van der Waals surface area contributed by atoms with Gasteiger partial charge in [0.25, 0.3) is 5.91 Å². The summed E-state index contributed by atoms with van der Waals surface area (Å²) < 4.78 is 1.86. The van der Waals surface area contributed by atoms with Crippen LogP contribution in [0, 0.1) is 13.8 Å². The van der Waals surface area contributed by atoms with E-state index in [1.165, 1.54) is 11.1 Å². The Hall–Kier alpha value is -3.08. The first-order chi connectivity index (χ1) is 12.6. The second-order valence-corrected chi connectivity index (χ2v) is 6.30. The molecule has 0 radical (unpaired) electrons. The monoisotopic (exact) mass is 348 g/mol. The Labute approximate surface area is 154 Å². The van der Waals surface area contributed by atoms with Crippen LogP contribution in [-0.4, -0.2) is 22.2 Å². The van der Waals surface area contributed by atoms with Crippen molar-refractivity contribution in [3.63, 3.8) is 0 Å². The smallest absolute Gasteiger partial charge is 0.253 e. The van der Waals surface area contributed by atoms with Crippen molar-refractivity contribution in [3.05, 3.63) is 77.6 Å². The molecule has 3 rings (SSSR count). The van der Waals surface area contributed by atoms with Gasteiger partial charge in [-0.2, -0.15) is 5.10 Å². The van der Waals surface area contributed by atoms with Gasteiger partial charge in [0.1, 0.15) is 0 Å². The summed E-state index contributed by atoms with van der Waals surface area (Å²) in [5.41, 5.74) is 4.87. The number of carbonyl (C=O) groups is 1. The number of rotatable bonds is 7. The van der Waals surface area contributed by atoms with Gasteiger partial charge in [0.15, 0.2) is 0 Å². The highest BCUT2D eigenvalue weighted by atomic mass is 16.1. The van der Waals surface area contributed by atoms with Crippen molar-refractivity contribution in [2.75, 3.05) is 11.9 Å². The lowest BCUT2D eigenvalue weighted by molar-refractivity contribution is 0.0953. The van der Waals surface area contributed by atoms with Crippen LogP contribution >= 0.6 is 0 Å². The van der Waals surface area contributed by atoms with Gasteiger partial charge in [-0.1, -0.05) is 24.3 Å². The summed E-state index contributed by atoms with van der Waals surface area (Å²) in [7, 11) is 0. The first-order valence-electron chi connectivity index (χ1n) is 8.83. The molecule has 0 saturated carbocycles. The third-order valence-electron chi connectivity index (χ3n) is 4.45. The normalized spacial score (nSPS) is 10.5. The number of carbonyl (C=O) groups excluding carboxylic acids is 1. The Bertz CT molecular complexity index is 871. The van der Waals surface area contributed by atoms with Crippen LogP contribution in [-0.2, 0) is 6.54 Å². The fourth-order valence-corrected chi connectivity index (χ4v) is 2.79. The number of aryl methyl sites for hydroxylation is 2. The Morgan fingerprint density at radius 2 is 1.85 bits per heavy atom.